The van der Waals surface area contributed by atoms with E-state index >= 15 is 0 Å². The Morgan fingerprint density at radius 2 is 1.75 bits per heavy atom. The van der Waals surface area contributed by atoms with E-state index < -0.39 is 0 Å². The van der Waals surface area contributed by atoms with E-state index in [1.165, 1.54) is 0 Å². The third kappa shape index (κ3) is 9.66. The first kappa shape index (κ1) is 11.3. The molecular weight excluding hydrogens is 213 g/mol. The van der Waals surface area contributed by atoms with Gasteiger partial charge in [0.05, 0.1) is 27.7 Å². The van der Waals surface area contributed by atoms with Crippen LogP contribution in [-0.4, -0.2) is 32.2 Å². The van der Waals surface area contributed by atoms with Gasteiger partial charge >= 0.3 is 0 Å². The number of quaternary nitrogens is 1. The van der Waals surface area contributed by atoms with Crippen LogP contribution in [0.4, 0.5) is 0 Å². The first-order valence-corrected chi connectivity index (χ1v) is 2.47. The normalized spacial score (nSPS) is 9.88. The lowest BCUT2D eigenvalue weighted by Crippen LogP contribution is -2.33. The van der Waals surface area contributed by atoms with Crippen LogP contribution in [0.25, 0.3) is 0 Å². The summed E-state index contributed by atoms with van der Waals surface area (Å²) >= 11 is 0. The molecule has 1 nitrogen and oxygen atoms in total. The highest BCUT2D eigenvalue weighted by Gasteiger charge is 1.99. The summed E-state index contributed by atoms with van der Waals surface area (Å²) in [7, 11) is 6.42. The van der Waals surface area contributed by atoms with Gasteiger partial charge in [-0.1, -0.05) is 6.58 Å². The molecule has 0 aliphatic rings. The standard InChI is InChI=1S/C6H14N.HI/c1-5-6-7(2,3)4;/h5H,1,6H2,2-4H3;1H/q+1;. The van der Waals surface area contributed by atoms with Crippen molar-refractivity contribution in [3.8, 4) is 0 Å². The predicted octanol–water partition coefficient (Wildman–Crippen LogP) is 1.50. The van der Waals surface area contributed by atoms with Gasteiger partial charge in [-0.05, 0) is 6.08 Å². The van der Waals surface area contributed by atoms with Crippen LogP contribution >= 0.6 is 24.0 Å². The largest absolute Gasteiger partial charge is 0.328 e. The highest BCUT2D eigenvalue weighted by molar-refractivity contribution is 14.0. The molecule has 0 unspecified atom stereocenters. The van der Waals surface area contributed by atoms with E-state index in [1.54, 1.807) is 0 Å². The summed E-state index contributed by atoms with van der Waals surface area (Å²) < 4.78 is 0.976. The Morgan fingerprint density at radius 1 is 1.38 bits per heavy atom. The van der Waals surface area contributed by atoms with Crippen LogP contribution in [-0.2, 0) is 0 Å². The summed E-state index contributed by atoms with van der Waals surface area (Å²) in [5.74, 6) is 0. The lowest BCUT2D eigenvalue weighted by Gasteiger charge is -2.21. The van der Waals surface area contributed by atoms with Crippen LogP contribution in [0.1, 0.15) is 0 Å². The van der Waals surface area contributed by atoms with Gasteiger partial charge in [-0.2, -0.15) is 0 Å². The van der Waals surface area contributed by atoms with Crippen LogP contribution in [0.2, 0.25) is 0 Å². The molecule has 0 aromatic carbocycles. The molecular formula is C6H15IN+. The van der Waals surface area contributed by atoms with Gasteiger partial charge in [0.2, 0.25) is 0 Å². The highest BCUT2D eigenvalue weighted by atomic mass is 127. The van der Waals surface area contributed by atoms with Gasteiger partial charge in [0.15, 0.2) is 0 Å². The Kier molecular flexibility index (Phi) is 6.08. The summed E-state index contributed by atoms with van der Waals surface area (Å²) in [5, 5.41) is 0. The van der Waals surface area contributed by atoms with E-state index in [0.717, 1.165) is 11.0 Å². The molecule has 0 saturated carbocycles. The molecule has 0 saturated heterocycles. The van der Waals surface area contributed by atoms with Crippen LogP contribution < -0.4 is 0 Å². The van der Waals surface area contributed by atoms with Crippen molar-refractivity contribution in [1.82, 2.24) is 0 Å². The van der Waals surface area contributed by atoms with Crippen molar-refractivity contribution in [3.63, 3.8) is 0 Å². The van der Waals surface area contributed by atoms with Gasteiger partial charge in [0, 0.05) is 0 Å². The van der Waals surface area contributed by atoms with Crippen molar-refractivity contribution in [2.45, 2.75) is 0 Å². The van der Waals surface area contributed by atoms with E-state index in [1.807, 2.05) is 6.08 Å². The first-order chi connectivity index (χ1) is 3.06. The second-order valence-corrected chi connectivity index (χ2v) is 2.76. The third-order valence-corrected chi connectivity index (χ3v) is 0.677. The Balaban J connectivity index is 0. The topological polar surface area (TPSA) is 0 Å². The molecule has 0 spiro atoms. The summed E-state index contributed by atoms with van der Waals surface area (Å²) in [6.07, 6.45) is 1.93. The molecule has 0 aliphatic carbocycles. The van der Waals surface area contributed by atoms with Gasteiger partial charge in [-0.15, -0.1) is 24.0 Å². The Hall–Kier alpha value is 0.430. The fourth-order valence-electron chi connectivity index (χ4n) is 0.387. The fourth-order valence-corrected chi connectivity index (χ4v) is 0.387. The van der Waals surface area contributed by atoms with Crippen molar-refractivity contribution in [3.05, 3.63) is 12.7 Å². The number of hydrogen-bond donors (Lipinski definition) is 0. The van der Waals surface area contributed by atoms with Gasteiger partial charge in [-0.25, -0.2) is 0 Å². The lowest BCUT2D eigenvalue weighted by molar-refractivity contribution is -0.864. The molecule has 8 heavy (non-hydrogen) atoms. The molecule has 0 aromatic heterocycles. The summed E-state index contributed by atoms with van der Waals surface area (Å²) in [5.41, 5.74) is 0. The van der Waals surface area contributed by atoms with E-state index in [2.05, 4.69) is 27.7 Å². The van der Waals surface area contributed by atoms with Crippen molar-refractivity contribution in [2.24, 2.45) is 0 Å². The molecule has 0 N–H and O–H groups in total. The number of likely N-dealkylation sites (N-methyl/N-ethyl adjacent to an activating group) is 1. The third-order valence-electron chi connectivity index (χ3n) is 0.677. The molecule has 0 radical (unpaired) electrons. The minimum absolute atomic E-state index is 0. The second kappa shape index (κ2) is 4.32. The molecule has 0 aromatic rings. The number of halogens is 1. The number of nitrogens with zero attached hydrogens (tertiary/aromatic N) is 1. The van der Waals surface area contributed by atoms with Crippen molar-refractivity contribution < 1.29 is 4.48 Å². The zero-order valence-electron chi connectivity index (χ0n) is 5.85. The lowest BCUT2D eigenvalue weighted by atomic mass is 10.5. The molecule has 0 rings (SSSR count). The summed E-state index contributed by atoms with van der Waals surface area (Å²) in [6.45, 7) is 4.67. The summed E-state index contributed by atoms with van der Waals surface area (Å²) in [4.78, 5) is 0. The van der Waals surface area contributed by atoms with Gasteiger partial charge in [0.1, 0.15) is 0 Å². The molecule has 0 aliphatic heterocycles. The highest BCUT2D eigenvalue weighted by Crippen LogP contribution is 1.86. The second-order valence-electron chi connectivity index (χ2n) is 2.76. The zero-order chi connectivity index (χ0) is 5.91. The minimum atomic E-state index is 0. The molecule has 0 atom stereocenters. The van der Waals surface area contributed by atoms with E-state index in [9.17, 15) is 0 Å². The van der Waals surface area contributed by atoms with E-state index in [0.29, 0.717) is 0 Å². The maximum absolute atomic E-state index is 3.63. The zero-order valence-corrected chi connectivity index (χ0v) is 8.18. The fraction of sp³-hybridized carbons (Fsp3) is 0.667. The maximum atomic E-state index is 3.63. The minimum Gasteiger partial charge on any atom is -0.328 e. The van der Waals surface area contributed by atoms with Crippen LogP contribution in [0.3, 0.4) is 0 Å². The Morgan fingerprint density at radius 3 is 1.75 bits per heavy atom. The van der Waals surface area contributed by atoms with E-state index in [-0.39, 0.29) is 24.0 Å². The average molecular weight is 228 g/mol. The molecule has 0 amide bonds. The molecule has 50 valence electrons. The maximum Gasteiger partial charge on any atom is 0.0964 e. The van der Waals surface area contributed by atoms with Crippen molar-refractivity contribution in [2.75, 3.05) is 27.7 Å². The van der Waals surface area contributed by atoms with Crippen LogP contribution in [0.15, 0.2) is 12.7 Å². The van der Waals surface area contributed by atoms with Crippen LogP contribution in [0, 0.1) is 0 Å². The number of hydrogen-bond acceptors (Lipinski definition) is 0. The van der Waals surface area contributed by atoms with Crippen molar-refractivity contribution >= 4 is 24.0 Å². The van der Waals surface area contributed by atoms with E-state index in [4.69, 9.17) is 0 Å². The van der Waals surface area contributed by atoms with Gasteiger partial charge in [0.25, 0.3) is 0 Å². The Labute approximate surface area is 69.0 Å². The monoisotopic (exact) mass is 228 g/mol. The molecule has 0 bridgehead atoms. The molecule has 2 heteroatoms. The molecule has 0 heterocycles. The van der Waals surface area contributed by atoms with Gasteiger partial charge in [-0.3, -0.25) is 0 Å². The first-order valence-electron chi connectivity index (χ1n) is 2.47. The summed E-state index contributed by atoms with van der Waals surface area (Å²) in [6, 6.07) is 0. The number of rotatable bonds is 2. The van der Waals surface area contributed by atoms with Crippen LogP contribution in [0.5, 0.6) is 0 Å². The van der Waals surface area contributed by atoms with Crippen molar-refractivity contribution in [1.29, 1.82) is 0 Å². The van der Waals surface area contributed by atoms with Gasteiger partial charge < -0.3 is 4.48 Å². The smallest absolute Gasteiger partial charge is 0.0964 e. The quantitative estimate of drug-likeness (QED) is 0.381. The predicted molar refractivity (Wildman–Crippen MR) is 48.5 cm³/mol. The SMILES string of the molecule is C=CC[N+](C)(C)C.I. The molecule has 0 fully saturated rings. The Bertz CT molecular complexity index is 63.4. The average Bonchev–Trinajstić information content (AvgIpc) is 1.30.